The lowest BCUT2D eigenvalue weighted by molar-refractivity contribution is -0.132. The van der Waals surface area contributed by atoms with Gasteiger partial charge in [-0.15, -0.1) is 0 Å². The number of aliphatic hydroxyl groups excluding tert-OH is 1. The Hall–Kier alpha value is -4.04. The molecule has 2 aromatic heterocycles. The minimum Gasteiger partial charge on any atom is -0.507 e. The molecule has 0 saturated carbocycles. The van der Waals surface area contributed by atoms with Gasteiger partial charge in [-0.3, -0.25) is 19.5 Å². The molecular weight excluding hydrogens is 522 g/mol. The number of rotatable bonds is 6. The number of ether oxygens (including phenoxy) is 1. The number of aryl methyl sites for hydroxylation is 1. The number of benzene rings is 2. The molecule has 1 atom stereocenters. The molecule has 0 radical (unpaired) electrons. The van der Waals surface area contributed by atoms with Crippen LogP contribution in [0.25, 0.3) is 16.0 Å². The van der Waals surface area contributed by atoms with E-state index in [2.05, 4.69) is 45.7 Å². The SMILES string of the molecule is Cc1cc(/C(O)=C2\C(=O)C(=O)N(c3nc4ccc(C(C)(C)C)cc4s3)C2c2cccnc2)ccc1OCC(C)C. The summed E-state index contributed by atoms with van der Waals surface area (Å²) in [6, 6.07) is 14.0. The number of thiazole rings is 1. The Bertz CT molecular complexity index is 1630. The Balaban J connectivity index is 1.62. The highest BCUT2D eigenvalue weighted by atomic mass is 32.1. The zero-order valence-electron chi connectivity index (χ0n) is 23.6. The number of nitrogens with zero attached hydrogens (tertiary/aromatic N) is 3. The largest absolute Gasteiger partial charge is 0.507 e. The first-order valence-electron chi connectivity index (χ1n) is 13.3. The van der Waals surface area contributed by atoms with Gasteiger partial charge >= 0.3 is 5.91 Å². The summed E-state index contributed by atoms with van der Waals surface area (Å²) in [5.41, 5.74) is 3.70. The van der Waals surface area contributed by atoms with Crippen LogP contribution in [0.1, 0.15) is 62.9 Å². The lowest BCUT2D eigenvalue weighted by Crippen LogP contribution is -2.29. The highest BCUT2D eigenvalue weighted by molar-refractivity contribution is 7.22. The molecule has 206 valence electrons. The molecule has 1 aliphatic rings. The third kappa shape index (κ3) is 5.11. The van der Waals surface area contributed by atoms with Crippen molar-refractivity contribution < 1.29 is 19.4 Å². The average molecular weight is 556 g/mol. The quantitative estimate of drug-likeness (QED) is 0.157. The van der Waals surface area contributed by atoms with Gasteiger partial charge in [-0.05, 0) is 71.3 Å². The zero-order valence-corrected chi connectivity index (χ0v) is 24.4. The Morgan fingerprint density at radius 3 is 2.55 bits per heavy atom. The maximum Gasteiger partial charge on any atom is 0.301 e. The number of ketones is 1. The Morgan fingerprint density at radius 1 is 1.12 bits per heavy atom. The molecular formula is C32H33N3O4S. The second kappa shape index (κ2) is 10.5. The molecule has 1 fully saturated rings. The topological polar surface area (TPSA) is 92.6 Å². The molecule has 0 spiro atoms. The third-order valence-electron chi connectivity index (χ3n) is 6.91. The van der Waals surface area contributed by atoms with E-state index in [9.17, 15) is 14.7 Å². The highest BCUT2D eigenvalue weighted by Crippen LogP contribution is 2.44. The fourth-order valence-electron chi connectivity index (χ4n) is 4.74. The number of aliphatic hydroxyl groups is 1. The minimum atomic E-state index is -0.881. The summed E-state index contributed by atoms with van der Waals surface area (Å²) in [6.07, 6.45) is 3.23. The summed E-state index contributed by atoms with van der Waals surface area (Å²) in [5, 5.41) is 11.9. The molecule has 1 saturated heterocycles. The first-order chi connectivity index (χ1) is 19.0. The van der Waals surface area contributed by atoms with Gasteiger partial charge in [0.15, 0.2) is 5.13 Å². The van der Waals surface area contributed by atoms with Gasteiger partial charge in [-0.25, -0.2) is 4.98 Å². The predicted octanol–water partition coefficient (Wildman–Crippen LogP) is 6.96. The summed E-state index contributed by atoms with van der Waals surface area (Å²) in [7, 11) is 0. The van der Waals surface area contributed by atoms with E-state index >= 15 is 0 Å². The molecule has 1 unspecified atom stereocenters. The molecule has 0 bridgehead atoms. The smallest absolute Gasteiger partial charge is 0.301 e. The summed E-state index contributed by atoms with van der Waals surface area (Å²) in [4.78, 5) is 37.5. The van der Waals surface area contributed by atoms with Gasteiger partial charge in [-0.2, -0.15) is 0 Å². The van der Waals surface area contributed by atoms with Crippen LogP contribution < -0.4 is 9.64 Å². The molecule has 4 aromatic rings. The lowest BCUT2D eigenvalue weighted by atomic mass is 9.87. The first kappa shape index (κ1) is 27.5. The number of Topliss-reactive ketones (excluding diaryl/α,β-unsaturated/α-hetero) is 1. The van der Waals surface area contributed by atoms with Gasteiger partial charge in [0.1, 0.15) is 11.5 Å². The second-order valence-corrected chi connectivity index (χ2v) is 12.6. The number of carbonyl (C=O) groups is 2. The Morgan fingerprint density at radius 2 is 1.90 bits per heavy atom. The molecule has 40 heavy (non-hydrogen) atoms. The van der Waals surface area contributed by atoms with Crippen LogP contribution in [0.5, 0.6) is 5.75 Å². The summed E-state index contributed by atoms with van der Waals surface area (Å²) in [6.45, 7) is 13.0. The van der Waals surface area contributed by atoms with E-state index in [4.69, 9.17) is 9.72 Å². The van der Waals surface area contributed by atoms with Gasteiger partial charge < -0.3 is 9.84 Å². The fourth-order valence-corrected chi connectivity index (χ4v) is 5.77. The zero-order chi connectivity index (χ0) is 28.8. The van der Waals surface area contributed by atoms with Gasteiger partial charge in [0.05, 0.1) is 28.4 Å². The molecule has 0 aliphatic carbocycles. The van der Waals surface area contributed by atoms with Crippen molar-refractivity contribution in [3.8, 4) is 5.75 Å². The molecule has 7 nitrogen and oxygen atoms in total. The van der Waals surface area contributed by atoms with Gasteiger partial charge in [0, 0.05) is 18.0 Å². The van der Waals surface area contributed by atoms with Gasteiger partial charge in [0.2, 0.25) is 0 Å². The number of carbonyl (C=O) groups excluding carboxylic acids is 2. The van der Waals surface area contributed by atoms with Crippen molar-refractivity contribution in [3.05, 3.63) is 88.8 Å². The normalized spacial score (nSPS) is 17.3. The van der Waals surface area contributed by atoms with E-state index < -0.39 is 17.7 Å². The van der Waals surface area contributed by atoms with Crippen LogP contribution in [0, 0.1) is 12.8 Å². The predicted molar refractivity (Wildman–Crippen MR) is 159 cm³/mol. The molecule has 8 heteroatoms. The van der Waals surface area contributed by atoms with Crippen molar-refractivity contribution in [1.82, 2.24) is 9.97 Å². The summed E-state index contributed by atoms with van der Waals surface area (Å²) >= 11 is 1.35. The molecule has 3 heterocycles. The summed E-state index contributed by atoms with van der Waals surface area (Å²) < 4.78 is 6.80. The number of hydrogen-bond donors (Lipinski definition) is 1. The number of fused-ring (bicyclic) bond motifs is 1. The fraction of sp³-hybridized carbons (Fsp3) is 0.312. The summed E-state index contributed by atoms with van der Waals surface area (Å²) in [5.74, 6) is -0.675. The van der Waals surface area contributed by atoms with E-state index in [-0.39, 0.29) is 16.7 Å². The van der Waals surface area contributed by atoms with Crippen molar-refractivity contribution in [2.24, 2.45) is 5.92 Å². The van der Waals surface area contributed by atoms with Crippen LogP contribution in [0.4, 0.5) is 5.13 Å². The molecule has 1 N–H and O–H groups in total. The highest BCUT2D eigenvalue weighted by Gasteiger charge is 2.48. The maximum atomic E-state index is 13.6. The first-order valence-corrected chi connectivity index (χ1v) is 14.1. The number of anilines is 1. The van der Waals surface area contributed by atoms with Crippen molar-refractivity contribution in [2.75, 3.05) is 11.5 Å². The van der Waals surface area contributed by atoms with Crippen LogP contribution in [-0.2, 0) is 15.0 Å². The standard InChI is InChI=1S/C32H33N3O4S/c1-18(2)17-39-24-12-9-20(14-19(24)3)28(36)26-27(21-8-7-13-33-16-21)35(30(38)29(26)37)31-34-23-11-10-22(32(4,5)6)15-25(23)40-31/h7-16,18,27,36H,17H2,1-6H3/b28-26+. The van der Waals surface area contributed by atoms with Crippen molar-refractivity contribution in [3.63, 3.8) is 0 Å². The number of pyridine rings is 1. The Labute approximate surface area is 238 Å². The number of hydrogen-bond acceptors (Lipinski definition) is 7. The number of amides is 1. The monoisotopic (exact) mass is 555 g/mol. The van der Waals surface area contributed by atoms with E-state index in [0.29, 0.717) is 34.5 Å². The van der Waals surface area contributed by atoms with Crippen molar-refractivity contribution in [2.45, 2.75) is 53.0 Å². The maximum absolute atomic E-state index is 13.6. The van der Waals surface area contributed by atoms with Crippen LogP contribution in [0.3, 0.4) is 0 Å². The van der Waals surface area contributed by atoms with E-state index in [1.807, 2.05) is 19.1 Å². The van der Waals surface area contributed by atoms with Crippen LogP contribution in [0.2, 0.25) is 0 Å². The molecule has 5 rings (SSSR count). The third-order valence-corrected chi connectivity index (χ3v) is 7.93. The van der Waals surface area contributed by atoms with Gasteiger partial charge in [-0.1, -0.05) is 58.1 Å². The Kier molecular flexibility index (Phi) is 7.23. The van der Waals surface area contributed by atoms with Gasteiger partial charge in [0.25, 0.3) is 5.78 Å². The molecule has 1 aliphatic heterocycles. The van der Waals surface area contributed by atoms with Crippen molar-refractivity contribution in [1.29, 1.82) is 0 Å². The van der Waals surface area contributed by atoms with Crippen LogP contribution in [0.15, 0.2) is 66.5 Å². The molecule has 1 amide bonds. The van der Waals surface area contributed by atoms with Crippen LogP contribution in [-0.4, -0.2) is 33.4 Å². The average Bonchev–Trinajstić information content (AvgIpc) is 3.45. The lowest BCUT2D eigenvalue weighted by Gasteiger charge is -2.22. The minimum absolute atomic E-state index is 0.00267. The van der Waals surface area contributed by atoms with E-state index in [0.717, 1.165) is 21.3 Å². The second-order valence-electron chi connectivity index (χ2n) is 11.6. The van der Waals surface area contributed by atoms with Crippen molar-refractivity contribution >= 4 is 44.1 Å². The van der Waals surface area contributed by atoms with E-state index in [1.165, 1.54) is 16.2 Å². The van der Waals surface area contributed by atoms with E-state index in [1.54, 1.807) is 42.7 Å². The van der Waals surface area contributed by atoms with Crippen LogP contribution >= 0.6 is 11.3 Å². The molecule has 2 aromatic carbocycles. The number of aromatic nitrogens is 2.